The van der Waals surface area contributed by atoms with Gasteiger partial charge >= 0.3 is 0 Å². The summed E-state index contributed by atoms with van der Waals surface area (Å²) in [7, 11) is 0. The van der Waals surface area contributed by atoms with Crippen molar-refractivity contribution in [1.82, 2.24) is 31.1 Å². The van der Waals surface area contributed by atoms with Crippen LogP contribution in [0.15, 0.2) is 540 Å². The molecule has 24 aromatic carbocycles. The summed E-state index contributed by atoms with van der Waals surface area (Å²) in [6, 6.07) is 194. The van der Waals surface area contributed by atoms with Crippen molar-refractivity contribution in [1.29, 1.82) is 0 Å². The van der Waals surface area contributed by atoms with Gasteiger partial charge in [-0.05, 0) is 142 Å². The molecule has 0 saturated carbocycles. The van der Waals surface area contributed by atoms with Crippen molar-refractivity contribution >= 4 is 245 Å². The molecule has 149 heavy (non-hydrogen) atoms. The van der Waals surface area contributed by atoms with Crippen molar-refractivity contribution in [2.24, 2.45) is 0 Å². The Balaban J connectivity index is 0.0000000811. The molecule has 692 valence electrons. The second-order valence-electron chi connectivity index (χ2n) is 39.5. The highest BCUT2D eigenvalue weighted by Gasteiger charge is 2.27. The van der Waals surface area contributed by atoms with E-state index in [9.17, 15) is 0 Å². The van der Waals surface area contributed by atoms with Gasteiger partial charge in [-0.25, -0.2) is 0 Å². The Kier molecular flexibility index (Phi) is 18.8. The summed E-state index contributed by atoms with van der Waals surface area (Å²) in [6.07, 6.45) is 0. The average Bonchev–Trinajstić information content (AvgIpc) is 1.54. The molecule has 0 unspecified atom stereocenters. The SMILES string of the molecule is c1ccc(-c2cc3c4ccccc4n4c5ccccc5c(c2)c34)cc1.c1ccc(-c2ccc3c(c2)c2cccc4c5ccccc5n3c42)cc1.c1ccc(-c2cccc3c4cccc5c6ccccc6n(c23)c54)cc1.c1ccc(-n2c3ccccc3c3c2ccc2c4ccccc4n(-c4ccccc4)c23)cc1.c1ccc2c(c1)c1cccc3c4ccccc4n2c13.c1ccc2c(c1)ccc1c3cccc4c5ccccc5n(c21)c43. The summed E-state index contributed by atoms with van der Waals surface area (Å²) in [6.45, 7) is 0. The number of hydrogen-bond donors (Lipinski definition) is 0. The van der Waals surface area contributed by atoms with Crippen LogP contribution in [0.4, 0.5) is 0 Å². The van der Waals surface area contributed by atoms with Gasteiger partial charge in [-0.2, -0.15) is 0 Å². The Morgan fingerprint density at radius 2 is 0.362 bits per heavy atom. The maximum atomic E-state index is 2.46. The lowest BCUT2D eigenvalue weighted by Gasteiger charge is -2.09. The average molecular weight is 1890 g/mol. The number of para-hydroxylation sites is 16. The van der Waals surface area contributed by atoms with E-state index >= 15 is 0 Å². The van der Waals surface area contributed by atoms with Gasteiger partial charge in [0.2, 0.25) is 0 Å². The number of aromatic nitrogens is 7. The zero-order chi connectivity index (χ0) is 97.6. The van der Waals surface area contributed by atoms with Crippen LogP contribution in [0.2, 0.25) is 0 Å². The van der Waals surface area contributed by atoms with Gasteiger partial charge in [-0.15, -0.1) is 0 Å². The first kappa shape index (κ1) is 83.7. The Labute approximate surface area is 854 Å². The second kappa shape index (κ2) is 33.4. The Morgan fingerprint density at radius 1 is 0.107 bits per heavy atom. The molecule has 0 amide bonds. The molecule has 0 fully saturated rings. The molecule has 0 atom stereocenters. The van der Waals surface area contributed by atoms with Crippen LogP contribution in [-0.4, -0.2) is 31.1 Å². The van der Waals surface area contributed by atoms with Crippen molar-refractivity contribution in [2.75, 3.05) is 0 Å². The fourth-order valence-corrected chi connectivity index (χ4v) is 25.6. The molecule has 0 spiro atoms. The lowest BCUT2D eigenvalue weighted by atomic mass is 9.99. The zero-order valence-corrected chi connectivity index (χ0v) is 81.0. The van der Waals surface area contributed by atoms with E-state index in [1.54, 1.807) is 0 Å². The van der Waals surface area contributed by atoms with Gasteiger partial charge in [-0.1, -0.05) is 431 Å². The first-order valence-electron chi connectivity index (χ1n) is 51.5. The standard InChI is InChI=1S/C30H20N2.3C24H15N.C22H13N.C18H11N/c1-3-11-21(12-4-1)31-27-18-10-8-16-25(27)29-28(31)20-19-24-23-15-7-9-17-26(23)32(30(24)29)22-13-5-2-6-14-22;1-2-8-16(9-3-1)17-14-20-18-10-4-6-12-22(18)25-23-13-7-5-11-19(23)21(15-17)24(20)25;1-2-8-16(9-3-1)17-11-6-13-20-21-14-7-12-19-18-10-4-5-15-22(18)25(23(17)20)24(19)21;1-2-7-16(8-3-1)17-13-14-23-21(15-17)20-11-6-10-19-18-9-4-5-12-22(18)25(23)24(19)20;1-2-7-15-14(6-1)12-13-19-18-10-5-9-17-16-8-3-4-11-20(16)23(21(15)19)22(17)18;1-3-10-16-12(6-1)14-8-5-9-15-13-7-2-4-11-17(13)19(16)18(14)15/h1-20H;3*1-15H;1-13H;1-11H. The van der Waals surface area contributed by atoms with E-state index in [0.29, 0.717) is 0 Å². The van der Waals surface area contributed by atoms with E-state index in [2.05, 4.69) is 571 Å². The monoisotopic (exact) mass is 1890 g/mol. The maximum absolute atomic E-state index is 2.46. The number of benzene rings is 24. The summed E-state index contributed by atoms with van der Waals surface area (Å²) < 4.78 is 17.0. The van der Waals surface area contributed by atoms with Gasteiger partial charge in [-0.3, -0.25) is 0 Å². The van der Waals surface area contributed by atoms with E-state index in [0.717, 1.165) is 0 Å². The van der Waals surface area contributed by atoms with Crippen molar-refractivity contribution in [3.05, 3.63) is 540 Å². The van der Waals surface area contributed by atoms with Crippen molar-refractivity contribution in [3.63, 3.8) is 0 Å². The van der Waals surface area contributed by atoms with E-state index in [4.69, 9.17) is 0 Å². The molecule has 7 heteroatoms. The van der Waals surface area contributed by atoms with Gasteiger partial charge in [0.15, 0.2) is 0 Å². The van der Waals surface area contributed by atoms with Crippen LogP contribution in [0.3, 0.4) is 0 Å². The summed E-state index contributed by atoms with van der Waals surface area (Å²) in [5.41, 5.74) is 34.6. The fourth-order valence-electron chi connectivity index (χ4n) is 25.6. The van der Waals surface area contributed by atoms with Crippen molar-refractivity contribution in [2.45, 2.75) is 0 Å². The number of hydrogen-bond acceptors (Lipinski definition) is 0. The van der Waals surface area contributed by atoms with Crippen molar-refractivity contribution in [3.8, 4) is 44.8 Å². The molecule has 0 bridgehead atoms. The Bertz CT molecular complexity index is 11500. The molecular formula is C142H89N7. The van der Waals surface area contributed by atoms with Gasteiger partial charge in [0.25, 0.3) is 0 Å². The summed E-state index contributed by atoms with van der Waals surface area (Å²) in [4.78, 5) is 0. The topological polar surface area (TPSA) is 31.9 Å². The molecule has 0 N–H and O–H groups in total. The third-order valence-electron chi connectivity index (χ3n) is 31.7. The zero-order valence-electron chi connectivity index (χ0n) is 81.0. The second-order valence-corrected chi connectivity index (χ2v) is 39.5. The molecule has 0 aliphatic heterocycles. The summed E-state index contributed by atoms with van der Waals surface area (Å²) in [5, 5.41) is 34.5. The van der Waals surface area contributed by atoms with Gasteiger partial charge in [0.1, 0.15) is 0 Å². The minimum absolute atomic E-state index is 1.18. The van der Waals surface area contributed by atoms with Crippen LogP contribution < -0.4 is 0 Å². The maximum Gasteiger partial charge on any atom is 0.0641 e. The van der Waals surface area contributed by atoms with Crippen LogP contribution in [-0.2, 0) is 0 Å². The molecule has 0 aliphatic carbocycles. The van der Waals surface area contributed by atoms with Crippen LogP contribution in [0.5, 0.6) is 0 Å². The van der Waals surface area contributed by atoms with E-state index in [1.807, 2.05) is 0 Å². The molecule has 36 aromatic rings. The largest absolute Gasteiger partial charge is 0.309 e. The predicted molar refractivity (Wildman–Crippen MR) is 634 cm³/mol. The normalized spacial score (nSPS) is 12.0. The van der Waals surface area contributed by atoms with Crippen LogP contribution in [0.1, 0.15) is 0 Å². The number of rotatable bonds is 5. The quantitative estimate of drug-likeness (QED) is 0.165. The molecular weight excluding hydrogens is 1800 g/mol. The fraction of sp³-hybridized carbons (Fsp3) is 0. The minimum Gasteiger partial charge on any atom is -0.309 e. The molecule has 0 radical (unpaired) electrons. The van der Waals surface area contributed by atoms with Gasteiger partial charge < -0.3 is 31.1 Å². The third-order valence-corrected chi connectivity index (χ3v) is 31.7. The number of fused-ring (bicyclic) bond motifs is 39. The third kappa shape index (κ3) is 12.5. The molecule has 12 aromatic heterocycles. The Hall–Kier alpha value is -19.9. The highest BCUT2D eigenvalue weighted by Crippen LogP contribution is 2.50. The smallest absolute Gasteiger partial charge is 0.0641 e. The van der Waals surface area contributed by atoms with E-state index in [-0.39, 0.29) is 0 Å². The van der Waals surface area contributed by atoms with Crippen LogP contribution in [0.25, 0.3) is 290 Å². The van der Waals surface area contributed by atoms with Crippen LogP contribution >= 0.6 is 0 Å². The van der Waals surface area contributed by atoms with Crippen LogP contribution in [0, 0.1) is 0 Å². The van der Waals surface area contributed by atoms with Gasteiger partial charge in [0, 0.05) is 152 Å². The first-order valence-corrected chi connectivity index (χ1v) is 51.5. The minimum atomic E-state index is 1.18. The number of nitrogens with zero attached hydrogens (tertiary/aromatic N) is 7. The molecule has 12 heterocycles. The summed E-state index contributed by atoms with van der Waals surface area (Å²) >= 11 is 0. The molecule has 0 aliphatic rings. The molecule has 36 rings (SSSR count). The predicted octanol–water partition coefficient (Wildman–Crippen LogP) is 38.2. The molecule has 7 nitrogen and oxygen atoms in total. The first-order chi connectivity index (χ1) is 74.1. The summed E-state index contributed by atoms with van der Waals surface area (Å²) in [5.74, 6) is 0. The highest BCUT2D eigenvalue weighted by atomic mass is 15.0. The lowest BCUT2D eigenvalue weighted by Crippen LogP contribution is -1.95. The lowest BCUT2D eigenvalue weighted by molar-refractivity contribution is 1.17. The highest BCUT2D eigenvalue weighted by molar-refractivity contribution is 6.32. The van der Waals surface area contributed by atoms with E-state index < -0.39 is 0 Å². The van der Waals surface area contributed by atoms with E-state index in [1.165, 1.54) is 290 Å². The molecule has 0 saturated heterocycles. The van der Waals surface area contributed by atoms with Gasteiger partial charge in [0.05, 0.1) is 105 Å². The van der Waals surface area contributed by atoms with Crippen molar-refractivity contribution < 1.29 is 0 Å². The Morgan fingerprint density at radius 3 is 0.812 bits per heavy atom.